The van der Waals surface area contributed by atoms with E-state index in [4.69, 9.17) is 0 Å². The van der Waals surface area contributed by atoms with Gasteiger partial charge in [-0.1, -0.05) is 22.0 Å². The molecule has 0 fully saturated rings. The number of amides is 1. The van der Waals surface area contributed by atoms with Crippen molar-refractivity contribution in [1.82, 2.24) is 10.3 Å². The Morgan fingerprint density at radius 3 is 2.68 bits per heavy atom. The number of carbonyl (C=O) groups excluding carboxylic acids is 1. The number of hydrogen-bond donors (Lipinski definition) is 2. The van der Waals surface area contributed by atoms with Gasteiger partial charge in [-0.15, -0.1) is 0 Å². The summed E-state index contributed by atoms with van der Waals surface area (Å²) in [7, 11) is 0. The molecule has 0 aliphatic carbocycles. The van der Waals surface area contributed by atoms with E-state index in [1.54, 1.807) is 12.4 Å². The molecule has 0 bridgehead atoms. The minimum atomic E-state index is -0.0493. The number of carbonyl (C=O) groups is 1. The zero-order valence-electron chi connectivity index (χ0n) is 10.3. The van der Waals surface area contributed by atoms with Gasteiger partial charge in [0, 0.05) is 29.1 Å². The summed E-state index contributed by atoms with van der Waals surface area (Å²) >= 11 is 3.36. The lowest BCUT2D eigenvalue weighted by Crippen LogP contribution is -2.29. The molecule has 0 unspecified atom stereocenters. The van der Waals surface area contributed by atoms with Crippen molar-refractivity contribution in [2.75, 3.05) is 11.9 Å². The second-order valence-corrected chi connectivity index (χ2v) is 4.91. The minimum absolute atomic E-state index is 0.0493. The van der Waals surface area contributed by atoms with Gasteiger partial charge in [0.15, 0.2) is 0 Å². The molecule has 2 rings (SSSR count). The van der Waals surface area contributed by atoms with E-state index < -0.39 is 0 Å². The number of pyridine rings is 1. The first-order valence-electron chi connectivity index (χ1n) is 5.89. The van der Waals surface area contributed by atoms with Gasteiger partial charge < -0.3 is 10.6 Å². The third-order valence-corrected chi connectivity index (χ3v) is 3.04. The molecule has 5 heteroatoms. The number of benzene rings is 1. The lowest BCUT2D eigenvalue weighted by Gasteiger charge is -2.07. The standard InChI is InChI=1S/C14H14BrN3O/c15-12-3-5-13(6-4-12)17-10-14(19)18-9-11-2-1-7-16-8-11/h1-8,17H,9-10H2,(H,18,19). The van der Waals surface area contributed by atoms with Crippen molar-refractivity contribution in [2.24, 2.45) is 0 Å². The zero-order chi connectivity index (χ0) is 13.5. The predicted molar refractivity (Wildman–Crippen MR) is 78.7 cm³/mol. The molecule has 0 saturated heterocycles. The van der Waals surface area contributed by atoms with Gasteiger partial charge >= 0.3 is 0 Å². The SMILES string of the molecule is O=C(CNc1ccc(Br)cc1)NCc1cccnc1. The number of halogens is 1. The first kappa shape index (κ1) is 13.5. The molecular formula is C14H14BrN3O. The summed E-state index contributed by atoms with van der Waals surface area (Å²) in [5, 5.41) is 5.89. The molecule has 0 aliphatic heterocycles. The molecule has 0 radical (unpaired) electrons. The van der Waals surface area contributed by atoms with Gasteiger partial charge in [-0.05, 0) is 35.9 Å². The molecule has 2 aromatic rings. The first-order chi connectivity index (χ1) is 9.24. The summed E-state index contributed by atoms with van der Waals surface area (Å²) in [5.74, 6) is -0.0493. The Bertz CT molecular complexity index is 528. The largest absolute Gasteiger partial charge is 0.376 e. The average molecular weight is 320 g/mol. The van der Waals surface area contributed by atoms with Crippen molar-refractivity contribution in [3.8, 4) is 0 Å². The van der Waals surface area contributed by atoms with E-state index in [0.717, 1.165) is 15.7 Å². The number of hydrogen-bond acceptors (Lipinski definition) is 3. The summed E-state index contributed by atoms with van der Waals surface area (Å²) in [5.41, 5.74) is 1.90. The molecule has 0 spiro atoms. The zero-order valence-corrected chi connectivity index (χ0v) is 11.9. The lowest BCUT2D eigenvalue weighted by molar-refractivity contribution is -0.119. The second-order valence-electron chi connectivity index (χ2n) is 4.00. The Morgan fingerprint density at radius 1 is 1.21 bits per heavy atom. The molecule has 2 N–H and O–H groups in total. The molecule has 4 nitrogen and oxygen atoms in total. The Hall–Kier alpha value is -1.88. The van der Waals surface area contributed by atoms with Gasteiger partial charge in [-0.2, -0.15) is 0 Å². The quantitative estimate of drug-likeness (QED) is 0.890. The van der Waals surface area contributed by atoms with Crippen LogP contribution in [0.5, 0.6) is 0 Å². The van der Waals surface area contributed by atoms with Gasteiger partial charge in [0.1, 0.15) is 0 Å². The smallest absolute Gasteiger partial charge is 0.239 e. The maximum atomic E-state index is 11.7. The molecule has 1 aromatic heterocycles. The maximum Gasteiger partial charge on any atom is 0.239 e. The van der Waals surface area contributed by atoms with Crippen molar-refractivity contribution in [2.45, 2.75) is 6.54 Å². The predicted octanol–water partition coefficient (Wildman–Crippen LogP) is 2.57. The Morgan fingerprint density at radius 2 is 2.00 bits per heavy atom. The molecule has 1 amide bonds. The maximum absolute atomic E-state index is 11.7. The monoisotopic (exact) mass is 319 g/mol. The van der Waals surface area contributed by atoms with Gasteiger partial charge in [-0.3, -0.25) is 9.78 Å². The molecule has 0 aliphatic rings. The average Bonchev–Trinajstić information content (AvgIpc) is 2.45. The van der Waals surface area contributed by atoms with Crippen molar-refractivity contribution >= 4 is 27.5 Å². The van der Waals surface area contributed by atoms with Gasteiger partial charge in [0.05, 0.1) is 6.54 Å². The van der Waals surface area contributed by atoms with Crippen LogP contribution in [0.2, 0.25) is 0 Å². The van der Waals surface area contributed by atoms with Crippen molar-refractivity contribution in [3.63, 3.8) is 0 Å². The fourth-order valence-electron chi connectivity index (χ4n) is 1.52. The highest BCUT2D eigenvalue weighted by molar-refractivity contribution is 9.10. The van der Waals surface area contributed by atoms with E-state index in [1.807, 2.05) is 36.4 Å². The van der Waals surface area contributed by atoms with E-state index in [-0.39, 0.29) is 12.5 Å². The third-order valence-electron chi connectivity index (χ3n) is 2.51. The van der Waals surface area contributed by atoms with Crippen LogP contribution >= 0.6 is 15.9 Å². The van der Waals surface area contributed by atoms with Crippen LogP contribution in [0.25, 0.3) is 0 Å². The Labute approximate surface area is 120 Å². The van der Waals surface area contributed by atoms with Crippen LogP contribution in [0.3, 0.4) is 0 Å². The number of rotatable bonds is 5. The molecular weight excluding hydrogens is 306 g/mol. The number of nitrogens with zero attached hydrogens (tertiary/aromatic N) is 1. The molecule has 0 saturated carbocycles. The molecule has 0 atom stereocenters. The minimum Gasteiger partial charge on any atom is -0.376 e. The fraction of sp³-hybridized carbons (Fsp3) is 0.143. The fourth-order valence-corrected chi connectivity index (χ4v) is 1.78. The van der Waals surface area contributed by atoms with Crippen molar-refractivity contribution < 1.29 is 4.79 Å². The third kappa shape index (κ3) is 4.71. The molecule has 19 heavy (non-hydrogen) atoms. The number of anilines is 1. The van der Waals surface area contributed by atoms with Crippen molar-refractivity contribution in [1.29, 1.82) is 0 Å². The molecule has 98 valence electrons. The molecule has 1 aromatic carbocycles. The summed E-state index contributed by atoms with van der Waals surface area (Å²) in [6.07, 6.45) is 3.45. The first-order valence-corrected chi connectivity index (χ1v) is 6.68. The highest BCUT2D eigenvalue weighted by Gasteiger charge is 2.01. The normalized spacial score (nSPS) is 9.95. The number of nitrogens with one attached hydrogen (secondary N) is 2. The van der Waals surface area contributed by atoms with Crippen LogP contribution in [0.1, 0.15) is 5.56 Å². The van der Waals surface area contributed by atoms with Crippen molar-refractivity contribution in [3.05, 3.63) is 58.8 Å². The summed E-state index contributed by atoms with van der Waals surface area (Å²) in [4.78, 5) is 15.6. The molecule has 1 heterocycles. The highest BCUT2D eigenvalue weighted by atomic mass is 79.9. The van der Waals surface area contributed by atoms with Crippen LogP contribution in [0.4, 0.5) is 5.69 Å². The second kappa shape index (κ2) is 6.89. The van der Waals surface area contributed by atoms with E-state index in [2.05, 4.69) is 31.5 Å². The topological polar surface area (TPSA) is 54.0 Å². The Kier molecular flexibility index (Phi) is 4.92. The number of aromatic nitrogens is 1. The van der Waals surface area contributed by atoms with Crippen LogP contribution in [0.15, 0.2) is 53.3 Å². The van der Waals surface area contributed by atoms with Gasteiger partial charge in [0.2, 0.25) is 5.91 Å². The lowest BCUT2D eigenvalue weighted by atomic mass is 10.3. The summed E-state index contributed by atoms with van der Waals surface area (Å²) in [6.45, 7) is 0.747. The highest BCUT2D eigenvalue weighted by Crippen LogP contribution is 2.13. The van der Waals surface area contributed by atoms with Crippen LogP contribution in [-0.4, -0.2) is 17.4 Å². The van der Waals surface area contributed by atoms with E-state index in [9.17, 15) is 4.79 Å². The van der Waals surface area contributed by atoms with E-state index >= 15 is 0 Å². The van der Waals surface area contributed by atoms with Gasteiger partial charge in [0.25, 0.3) is 0 Å². The Balaban J connectivity index is 1.74. The van der Waals surface area contributed by atoms with Crippen LogP contribution < -0.4 is 10.6 Å². The van der Waals surface area contributed by atoms with Gasteiger partial charge in [-0.25, -0.2) is 0 Å². The van der Waals surface area contributed by atoms with Crippen LogP contribution in [0, 0.1) is 0 Å². The summed E-state index contributed by atoms with van der Waals surface area (Å²) < 4.78 is 1.01. The summed E-state index contributed by atoms with van der Waals surface area (Å²) in [6, 6.07) is 11.5. The van der Waals surface area contributed by atoms with E-state index in [1.165, 1.54) is 0 Å². The van der Waals surface area contributed by atoms with E-state index in [0.29, 0.717) is 6.54 Å². The van der Waals surface area contributed by atoms with Crippen LogP contribution in [-0.2, 0) is 11.3 Å².